The molecule has 1 rings (SSSR count). The number of ether oxygens (including phenoxy) is 2. The number of hydrogen-bond acceptors (Lipinski definition) is 4. The number of hydrogen-bond donors (Lipinski definition) is 2. The monoisotopic (exact) mass is 161 g/mol. The number of nitrogens with one attached hydrogen (secondary N) is 1. The van der Waals surface area contributed by atoms with Gasteiger partial charge in [-0.25, -0.2) is 0 Å². The van der Waals surface area contributed by atoms with Crippen LogP contribution in [0.25, 0.3) is 0 Å². The Labute approximate surface area is 66.5 Å². The van der Waals surface area contributed by atoms with Crippen LogP contribution in [0.5, 0.6) is 0 Å². The van der Waals surface area contributed by atoms with E-state index in [2.05, 4.69) is 5.32 Å². The molecule has 0 spiro atoms. The first-order chi connectivity index (χ1) is 5.25. The van der Waals surface area contributed by atoms with Crippen molar-refractivity contribution in [2.45, 2.75) is 18.3 Å². The minimum Gasteiger partial charge on any atom is -0.386 e. The second kappa shape index (κ2) is 3.49. The summed E-state index contributed by atoms with van der Waals surface area (Å²) >= 11 is 0. The van der Waals surface area contributed by atoms with Gasteiger partial charge in [0.05, 0.1) is 0 Å². The Kier molecular flexibility index (Phi) is 2.84. The highest BCUT2D eigenvalue weighted by Crippen LogP contribution is 2.22. The molecule has 4 heteroatoms. The zero-order valence-electron chi connectivity index (χ0n) is 6.96. The van der Waals surface area contributed by atoms with E-state index in [-0.39, 0.29) is 0 Å². The molecule has 0 amide bonds. The highest BCUT2D eigenvalue weighted by molar-refractivity contribution is 4.85. The highest BCUT2D eigenvalue weighted by Gasteiger charge is 2.40. The highest BCUT2D eigenvalue weighted by atomic mass is 16.7. The van der Waals surface area contributed by atoms with Gasteiger partial charge in [-0.1, -0.05) is 0 Å². The fourth-order valence-electron chi connectivity index (χ4n) is 1.38. The maximum atomic E-state index is 9.51. The molecule has 0 bridgehead atoms. The van der Waals surface area contributed by atoms with Crippen LogP contribution >= 0.6 is 0 Å². The first-order valence-electron chi connectivity index (χ1n) is 3.74. The van der Waals surface area contributed by atoms with Gasteiger partial charge in [-0.05, 0) is 0 Å². The minimum atomic E-state index is -0.786. The largest absolute Gasteiger partial charge is 0.386 e. The maximum Gasteiger partial charge on any atom is 0.196 e. The summed E-state index contributed by atoms with van der Waals surface area (Å²) in [4.78, 5) is 0. The number of methoxy groups -OCH3 is 2. The van der Waals surface area contributed by atoms with Crippen molar-refractivity contribution in [3.8, 4) is 0 Å². The van der Waals surface area contributed by atoms with Crippen LogP contribution in [-0.2, 0) is 9.47 Å². The van der Waals surface area contributed by atoms with Crippen LogP contribution < -0.4 is 5.32 Å². The average Bonchev–Trinajstić information content (AvgIpc) is 2.06. The number of aliphatic hydroxyl groups excluding tert-OH is 1. The van der Waals surface area contributed by atoms with Crippen molar-refractivity contribution in [3.05, 3.63) is 0 Å². The Hall–Kier alpha value is -0.160. The van der Waals surface area contributed by atoms with Crippen molar-refractivity contribution < 1.29 is 14.6 Å². The van der Waals surface area contributed by atoms with Crippen LogP contribution in [0.1, 0.15) is 6.42 Å². The van der Waals surface area contributed by atoms with E-state index in [9.17, 15) is 5.11 Å². The second-order valence-electron chi connectivity index (χ2n) is 2.69. The quantitative estimate of drug-likeness (QED) is 0.527. The summed E-state index contributed by atoms with van der Waals surface area (Å²) in [6, 6.07) is 0. The lowest BCUT2D eigenvalue weighted by Crippen LogP contribution is -2.56. The van der Waals surface area contributed by atoms with E-state index in [1.807, 2.05) is 0 Å². The van der Waals surface area contributed by atoms with Crippen molar-refractivity contribution in [2.75, 3.05) is 27.3 Å². The zero-order chi connectivity index (χ0) is 8.32. The van der Waals surface area contributed by atoms with Crippen molar-refractivity contribution in [1.82, 2.24) is 5.32 Å². The number of β-amino-alcohol motifs (C(OH)–C–C–N with tert-alkyl or cyclic N) is 1. The molecule has 0 saturated carbocycles. The Morgan fingerprint density at radius 2 is 2.09 bits per heavy atom. The third-order valence-corrected chi connectivity index (χ3v) is 2.19. The SMILES string of the molecule is COC1(OC)CCNCC1O. The fourth-order valence-corrected chi connectivity index (χ4v) is 1.38. The summed E-state index contributed by atoms with van der Waals surface area (Å²) < 4.78 is 10.3. The first kappa shape index (κ1) is 8.93. The molecule has 1 fully saturated rings. The lowest BCUT2D eigenvalue weighted by atomic mass is 10.0. The van der Waals surface area contributed by atoms with Gasteiger partial charge in [0.25, 0.3) is 0 Å². The van der Waals surface area contributed by atoms with E-state index in [4.69, 9.17) is 9.47 Å². The van der Waals surface area contributed by atoms with E-state index in [0.29, 0.717) is 13.0 Å². The van der Waals surface area contributed by atoms with Crippen LogP contribution in [0.15, 0.2) is 0 Å². The first-order valence-corrected chi connectivity index (χ1v) is 3.74. The Bertz CT molecular complexity index is 125. The van der Waals surface area contributed by atoms with Crippen molar-refractivity contribution in [1.29, 1.82) is 0 Å². The van der Waals surface area contributed by atoms with Crippen LogP contribution in [0, 0.1) is 0 Å². The summed E-state index contributed by atoms with van der Waals surface area (Å²) in [6.45, 7) is 1.35. The molecule has 0 aromatic heterocycles. The summed E-state index contributed by atoms with van der Waals surface area (Å²) in [5.41, 5.74) is 0. The van der Waals surface area contributed by atoms with Crippen LogP contribution in [0.4, 0.5) is 0 Å². The molecule has 4 nitrogen and oxygen atoms in total. The lowest BCUT2D eigenvalue weighted by Gasteiger charge is -2.38. The predicted molar refractivity (Wildman–Crippen MR) is 40.2 cm³/mol. The molecule has 1 saturated heterocycles. The molecule has 66 valence electrons. The van der Waals surface area contributed by atoms with Crippen molar-refractivity contribution in [2.24, 2.45) is 0 Å². The summed E-state index contributed by atoms with van der Waals surface area (Å²) in [5.74, 6) is -0.786. The smallest absolute Gasteiger partial charge is 0.196 e. The van der Waals surface area contributed by atoms with Gasteiger partial charge >= 0.3 is 0 Å². The Balaban J connectivity index is 2.61. The van der Waals surface area contributed by atoms with Gasteiger partial charge in [0.2, 0.25) is 0 Å². The molecule has 0 radical (unpaired) electrons. The molecule has 1 aliphatic rings. The predicted octanol–water partition coefficient (Wildman–Crippen LogP) is -0.670. The molecule has 1 aliphatic heterocycles. The molecule has 1 unspecified atom stereocenters. The lowest BCUT2D eigenvalue weighted by molar-refractivity contribution is -0.267. The Morgan fingerprint density at radius 1 is 1.45 bits per heavy atom. The third-order valence-electron chi connectivity index (χ3n) is 2.19. The number of aliphatic hydroxyl groups is 1. The summed E-state index contributed by atoms with van der Waals surface area (Å²) in [7, 11) is 3.11. The second-order valence-corrected chi connectivity index (χ2v) is 2.69. The molecule has 0 aromatic carbocycles. The molecule has 1 atom stereocenters. The van der Waals surface area contributed by atoms with Crippen LogP contribution in [0.3, 0.4) is 0 Å². The summed E-state index contributed by atoms with van der Waals surface area (Å²) in [6.07, 6.45) is 0.104. The van der Waals surface area contributed by atoms with E-state index in [0.717, 1.165) is 6.54 Å². The van der Waals surface area contributed by atoms with Gasteiger partial charge < -0.3 is 19.9 Å². The van der Waals surface area contributed by atoms with Gasteiger partial charge in [0, 0.05) is 33.7 Å². The topological polar surface area (TPSA) is 50.7 Å². The third kappa shape index (κ3) is 1.54. The fraction of sp³-hybridized carbons (Fsp3) is 1.00. The number of piperidine rings is 1. The van der Waals surface area contributed by atoms with E-state index in [1.165, 1.54) is 0 Å². The molecular weight excluding hydrogens is 146 g/mol. The minimum absolute atomic E-state index is 0.529. The molecule has 1 heterocycles. The van der Waals surface area contributed by atoms with Gasteiger partial charge in [-0.2, -0.15) is 0 Å². The van der Waals surface area contributed by atoms with Gasteiger partial charge in [-0.15, -0.1) is 0 Å². The molecule has 11 heavy (non-hydrogen) atoms. The summed E-state index contributed by atoms with van der Waals surface area (Å²) in [5, 5.41) is 12.6. The zero-order valence-corrected chi connectivity index (χ0v) is 6.96. The normalized spacial score (nSPS) is 30.3. The maximum absolute atomic E-state index is 9.51. The molecule has 2 N–H and O–H groups in total. The van der Waals surface area contributed by atoms with Crippen LogP contribution in [0.2, 0.25) is 0 Å². The Morgan fingerprint density at radius 3 is 2.45 bits per heavy atom. The van der Waals surface area contributed by atoms with Crippen molar-refractivity contribution in [3.63, 3.8) is 0 Å². The molecule has 0 aromatic rings. The molecular formula is C7H15NO3. The standard InChI is InChI=1S/C7H15NO3/c1-10-7(11-2)3-4-8-5-6(7)9/h6,8-9H,3-5H2,1-2H3. The van der Waals surface area contributed by atoms with Crippen LogP contribution in [-0.4, -0.2) is 44.3 Å². The molecule has 0 aliphatic carbocycles. The number of rotatable bonds is 2. The van der Waals surface area contributed by atoms with Gasteiger partial charge in [0.15, 0.2) is 5.79 Å². The van der Waals surface area contributed by atoms with E-state index in [1.54, 1.807) is 14.2 Å². The average molecular weight is 161 g/mol. The van der Waals surface area contributed by atoms with Gasteiger partial charge in [0.1, 0.15) is 6.10 Å². The van der Waals surface area contributed by atoms with E-state index >= 15 is 0 Å². The van der Waals surface area contributed by atoms with Crippen molar-refractivity contribution >= 4 is 0 Å². The van der Waals surface area contributed by atoms with E-state index < -0.39 is 11.9 Å². The van der Waals surface area contributed by atoms with Gasteiger partial charge in [-0.3, -0.25) is 0 Å².